The third-order valence-corrected chi connectivity index (χ3v) is 4.65. The smallest absolute Gasteiger partial charge is 0.294 e. The van der Waals surface area contributed by atoms with E-state index in [-0.39, 0.29) is 9.79 Å². The number of hydrogen-bond donors (Lipinski definition) is 2. The lowest BCUT2D eigenvalue weighted by molar-refractivity contribution is 0.416. The molecule has 0 fully saturated rings. The van der Waals surface area contributed by atoms with Gasteiger partial charge in [0.05, 0.1) is 16.9 Å². The van der Waals surface area contributed by atoms with Gasteiger partial charge in [-0.05, 0) is 35.9 Å². The molecule has 0 bridgehead atoms. The van der Waals surface area contributed by atoms with Gasteiger partial charge in [0, 0.05) is 5.56 Å². The van der Waals surface area contributed by atoms with Gasteiger partial charge in [-0.15, -0.1) is 0 Å². The molecule has 9 heteroatoms. The molecule has 0 aromatic heterocycles. The van der Waals surface area contributed by atoms with E-state index in [1.54, 1.807) is 0 Å². The Hall–Kier alpha value is -1.94. The van der Waals surface area contributed by atoms with E-state index >= 15 is 0 Å². The van der Waals surface area contributed by atoms with Crippen LogP contribution in [0.15, 0.2) is 52.3 Å². The SMILES string of the molecule is COc1ccc(S(=O)(=O)O)cc1-c1ccc(S(=O)(=O)O)cc1. The Kier molecular flexibility index (Phi) is 4.25. The summed E-state index contributed by atoms with van der Waals surface area (Å²) in [6.45, 7) is 0. The predicted octanol–water partition coefficient (Wildman–Crippen LogP) is 1.86. The van der Waals surface area contributed by atoms with Crippen LogP contribution in [0.25, 0.3) is 11.1 Å². The molecular weight excluding hydrogens is 332 g/mol. The Morgan fingerprint density at radius 1 is 0.818 bits per heavy atom. The fourth-order valence-electron chi connectivity index (χ4n) is 1.88. The quantitative estimate of drug-likeness (QED) is 0.813. The highest BCUT2D eigenvalue weighted by molar-refractivity contribution is 7.86. The first-order chi connectivity index (χ1) is 10.1. The minimum absolute atomic E-state index is 0.291. The van der Waals surface area contributed by atoms with Crippen molar-refractivity contribution in [2.24, 2.45) is 0 Å². The van der Waals surface area contributed by atoms with Crippen LogP contribution in [-0.4, -0.2) is 33.1 Å². The van der Waals surface area contributed by atoms with Gasteiger partial charge in [-0.1, -0.05) is 12.1 Å². The van der Waals surface area contributed by atoms with Crippen LogP contribution in [0.1, 0.15) is 0 Å². The first-order valence-corrected chi connectivity index (χ1v) is 8.74. The Balaban J connectivity index is 2.60. The standard InChI is InChI=1S/C13H12O7S2/c1-20-13-7-6-11(22(17,18)19)8-12(13)9-2-4-10(5-3-9)21(14,15)16/h2-8H,1H3,(H,14,15,16)(H,17,18,19). The molecule has 2 aromatic carbocycles. The fourth-order valence-corrected chi connectivity index (χ4v) is 2.87. The Morgan fingerprint density at radius 2 is 1.32 bits per heavy atom. The van der Waals surface area contributed by atoms with E-state index in [2.05, 4.69) is 0 Å². The Bertz CT molecular complexity index is 898. The van der Waals surface area contributed by atoms with Crippen LogP contribution in [0, 0.1) is 0 Å². The summed E-state index contributed by atoms with van der Waals surface area (Å²) < 4.78 is 67.6. The predicted molar refractivity (Wildman–Crippen MR) is 78.1 cm³/mol. The second kappa shape index (κ2) is 5.69. The molecule has 2 rings (SSSR count). The van der Waals surface area contributed by atoms with Crippen molar-refractivity contribution in [3.8, 4) is 16.9 Å². The number of methoxy groups -OCH3 is 1. The maximum absolute atomic E-state index is 11.2. The van der Waals surface area contributed by atoms with E-state index in [0.717, 1.165) is 0 Å². The fraction of sp³-hybridized carbons (Fsp3) is 0.0769. The monoisotopic (exact) mass is 344 g/mol. The third-order valence-electron chi connectivity index (χ3n) is 2.93. The van der Waals surface area contributed by atoms with Gasteiger partial charge in [-0.25, -0.2) is 0 Å². The van der Waals surface area contributed by atoms with Crippen molar-refractivity contribution in [1.82, 2.24) is 0 Å². The molecule has 0 atom stereocenters. The summed E-state index contributed by atoms with van der Waals surface area (Å²) in [6, 6.07) is 8.87. The molecule has 0 heterocycles. The van der Waals surface area contributed by atoms with Crippen molar-refractivity contribution in [2.75, 3.05) is 7.11 Å². The minimum atomic E-state index is -4.38. The molecule has 0 aliphatic carbocycles. The molecule has 0 amide bonds. The van der Waals surface area contributed by atoms with Crippen molar-refractivity contribution in [2.45, 2.75) is 9.79 Å². The number of rotatable bonds is 4. The zero-order valence-electron chi connectivity index (χ0n) is 11.3. The van der Waals surface area contributed by atoms with Crippen LogP contribution in [0.2, 0.25) is 0 Å². The third kappa shape index (κ3) is 3.45. The van der Waals surface area contributed by atoms with Gasteiger partial charge in [-0.2, -0.15) is 16.8 Å². The summed E-state index contributed by atoms with van der Waals surface area (Å²) in [5, 5.41) is 0. The van der Waals surface area contributed by atoms with Crippen LogP contribution in [-0.2, 0) is 20.2 Å². The summed E-state index contributed by atoms with van der Waals surface area (Å²) in [5.74, 6) is 0.340. The molecule has 118 valence electrons. The number of ether oxygens (including phenoxy) is 1. The normalized spacial score (nSPS) is 12.1. The first kappa shape index (κ1) is 16.4. The molecule has 22 heavy (non-hydrogen) atoms. The van der Waals surface area contributed by atoms with Gasteiger partial charge in [0.1, 0.15) is 5.75 Å². The zero-order valence-corrected chi connectivity index (χ0v) is 12.9. The average molecular weight is 344 g/mol. The molecule has 0 radical (unpaired) electrons. The summed E-state index contributed by atoms with van der Waals surface area (Å²) in [6.07, 6.45) is 0. The number of hydrogen-bond acceptors (Lipinski definition) is 5. The highest BCUT2D eigenvalue weighted by Crippen LogP contribution is 2.32. The van der Waals surface area contributed by atoms with Crippen molar-refractivity contribution in [1.29, 1.82) is 0 Å². The number of benzene rings is 2. The van der Waals surface area contributed by atoms with Gasteiger partial charge in [0.2, 0.25) is 0 Å². The van der Waals surface area contributed by atoms with Gasteiger partial charge >= 0.3 is 0 Å². The summed E-state index contributed by atoms with van der Waals surface area (Å²) >= 11 is 0. The maximum Gasteiger partial charge on any atom is 0.294 e. The van der Waals surface area contributed by atoms with E-state index in [4.69, 9.17) is 13.8 Å². The lowest BCUT2D eigenvalue weighted by atomic mass is 10.0. The average Bonchev–Trinajstić information content (AvgIpc) is 2.45. The largest absolute Gasteiger partial charge is 0.496 e. The van der Waals surface area contributed by atoms with E-state index in [1.165, 1.54) is 49.6 Å². The van der Waals surface area contributed by atoms with Crippen LogP contribution in [0.4, 0.5) is 0 Å². The van der Waals surface area contributed by atoms with Crippen LogP contribution in [0.5, 0.6) is 5.75 Å². The highest BCUT2D eigenvalue weighted by Gasteiger charge is 2.15. The molecule has 2 N–H and O–H groups in total. The van der Waals surface area contributed by atoms with Crippen LogP contribution >= 0.6 is 0 Å². The molecule has 0 spiro atoms. The Morgan fingerprint density at radius 3 is 1.77 bits per heavy atom. The molecule has 0 saturated heterocycles. The van der Waals surface area contributed by atoms with Crippen molar-refractivity contribution >= 4 is 20.2 Å². The summed E-state index contributed by atoms with van der Waals surface area (Å²) in [5.41, 5.74) is 0.800. The molecule has 0 saturated carbocycles. The summed E-state index contributed by atoms with van der Waals surface area (Å²) in [4.78, 5) is -0.608. The lowest BCUT2D eigenvalue weighted by Crippen LogP contribution is -2.00. The summed E-state index contributed by atoms with van der Waals surface area (Å²) in [7, 11) is -7.31. The van der Waals surface area contributed by atoms with Gasteiger partial charge in [0.25, 0.3) is 20.2 Å². The molecule has 0 aliphatic rings. The molecule has 0 aliphatic heterocycles. The Labute approximate surface area is 127 Å². The van der Waals surface area contributed by atoms with Crippen molar-refractivity contribution < 1.29 is 30.7 Å². The van der Waals surface area contributed by atoms with E-state index in [0.29, 0.717) is 16.9 Å². The lowest BCUT2D eigenvalue weighted by Gasteiger charge is -2.10. The second-order valence-corrected chi connectivity index (χ2v) is 7.18. The second-order valence-electron chi connectivity index (χ2n) is 4.34. The van der Waals surface area contributed by atoms with Gasteiger partial charge < -0.3 is 4.74 Å². The van der Waals surface area contributed by atoms with E-state index < -0.39 is 20.2 Å². The van der Waals surface area contributed by atoms with Crippen molar-refractivity contribution in [3.05, 3.63) is 42.5 Å². The molecule has 0 unspecified atom stereocenters. The topological polar surface area (TPSA) is 118 Å². The zero-order chi connectivity index (χ0) is 16.5. The maximum atomic E-state index is 11.2. The van der Waals surface area contributed by atoms with Crippen LogP contribution < -0.4 is 4.74 Å². The highest BCUT2D eigenvalue weighted by atomic mass is 32.2. The first-order valence-electron chi connectivity index (χ1n) is 5.86. The van der Waals surface area contributed by atoms with Crippen molar-refractivity contribution in [3.63, 3.8) is 0 Å². The van der Waals surface area contributed by atoms with E-state index in [9.17, 15) is 16.8 Å². The van der Waals surface area contributed by atoms with Crippen LogP contribution in [0.3, 0.4) is 0 Å². The molecule has 2 aromatic rings. The van der Waals surface area contributed by atoms with Gasteiger partial charge in [-0.3, -0.25) is 9.11 Å². The molecule has 7 nitrogen and oxygen atoms in total. The van der Waals surface area contributed by atoms with E-state index in [1.807, 2.05) is 0 Å². The minimum Gasteiger partial charge on any atom is -0.496 e. The molecular formula is C13H12O7S2. The van der Waals surface area contributed by atoms with Gasteiger partial charge in [0.15, 0.2) is 0 Å².